The lowest BCUT2D eigenvalue weighted by Crippen LogP contribution is -2.48. The van der Waals surface area contributed by atoms with Crippen LogP contribution in [0.25, 0.3) is 0 Å². The fourth-order valence-electron chi connectivity index (χ4n) is 3.83. The first kappa shape index (κ1) is 24.5. The molecule has 9 nitrogen and oxygen atoms in total. The molecular formula is C24H23ClN4O5S. The Kier molecular flexibility index (Phi) is 7.52. The molecule has 0 aliphatic carbocycles. The van der Waals surface area contributed by atoms with Crippen molar-refractivity contribution in [3.8, 4) is 5.75 Å². The molecule has 1 fully saturated rings. The Bertz CT molecular complexity index is 1240. The maximum atomic E-state index is 12.7. The van der Waals surface area contributed by atoms with E-state index in [-0.39, 0.29) is 29.5 Å². The van der Waals surface area contributed by atoms with Crippen LogP contribution in [0.1, 0.15) is 27.0 Å². The minimum Gasteiger partial charge on any atom is -0.487 e. The van der Waals surface area contributed by atoms with E-state index in [4.69, 9.17) is 16.3 Å². The van der Waals surface area contributed by atoms with Crippen LogP contribution in [-0.2, 0) is 0 Å². The van der Waals surface area contributed by atoms with Crippen LogP contribution in [0.15, 0.2) is 53.9 Å². The molecule has 0 bridgehead atoms. The minimum atomic E-state index is -0.582. The highest BCUT2D eigenvalue weighted by Crippen LogP contribution is 2.31. The van der Waals surface area contributed by atoms with E-state index in [9.17, 15) is 19.7 Å². The average molecular weight is 515 g/mol. The zero-order valence-corrected chi connectivity index (χ0v) is 20.5. The largest absolute Gasteiger partial charge is 0.487 e. The van der Waals surface area contributed by atoms with Crippen LogP contribution in [0, 0.1) is 10.1 Å². The molecule has 182 valence electrons. The minimum absolute atomic E-state index is 0.0401. The third kappa shape index (κ3) is 5.55. The molecule has 11 heteroatoms. The molecule has 2 amide bonds. The molecule has 1 N–H and O–H groups in total. The summed E-state index contributed by atoms with van der Waals surface area (Å²) in [6.07, 6.45) is 0. The van der Waals surface area contributed by atoms with Crippen LogP contribution in [-0.4, -0.2) is 54.4 Å². The van der Waals surface area contributed by atoms with Crippen molar-refractivity contribution in [3.05, 3.63) is 79.5 Å². The predicted molar refractivity (Wildman–Crippen MR) is 136 cm³/mol. The third-order valence-corrected chi connectivity index (χ3v) is 6.72. The number of nitrogens with zero attached hydrogens (tertiary/aromatic N) is 3. The fourth-order valence-corrected chi connectivity index (χ4v) is 4.82. The Morgan fingerprint density at radius 2 is 1.91 bits per heavy atom. The van der Waals surface area contributed by atoms with Gasteiger partial charge in [-0.1, -0.05) is 17.7 Å². The molecule has 1 saturated heterocycles. The molecule has 1 aliphatic rings. The summed E-state index contributed by atoms with van der Waals surface area (Å²) in [4.78, 5) is 40.7. The van der Waals surface area contributed by atoms with Crippen molar-refractivity contribution in [2.24, 2.45) is 0 Å². The quantitative estimate of drug-likeness (QED) is 0.354. The number of nitro groups is 1. The highest BCUT2D eigenvalue weighted by Gasteiger charge is 2.24. The highest BCUT2D eigenvalue weighted by molar-refractivity contribution is 7.12. The smallest absolute Gasteiger partial charge is 0.311 e. The van der Waals surface area contributed by atoms with Crippen LogP contribution in [0.5, 0.6) is 5.75 Å². The van der Waals surface area contributed by atoms with Crippen LogP contribution < -0.4 is 15.0 Å². The Balaban J connectivity index is 1.41. The van der Waals surface area contributed by atoms with Crippen LogP contribution in [0.4, 0.5) is 17.1 Å². The van der Waals surface area contributed by atoms with Gasteiger partial charge in [0, 0.05) is 43.5 Å². The predicted octanol–water partition coefficient (Wildman–Crippen LogP) is 4.92. The van der Waals surface area contributed by atoms with Crippen molar-refractivity contribution >= 4 is 51.8 Å². The van der Waals surface area contributed by atoms with E-state index in [2.05, 4.69) is 10.2 Å². The molecule has 0 saturated carbocycles. The van der Waals surface area contributed by atoms with Gasteiger partial charge < -0.3 is 19.9 Å². The van der Waals surface area contributed by atoms with E-state index in [1.54, 1.807) is 19.1 Å². The van der Waals surface area contributed by atoms with E-state index in [0.717, 1.165) is 10.6 Å². The average Bonchev–Trinajstić information content (AvgIpc) is 3.39. The van der Waals surface area contributed by atoms with Gasteiger partial charge in [-0.3, -0.25) is 19.7 Å². The van der Waals surface area contributed by atoms with Gasteiger partial charge in [-0.05, 0) is 48.7 Å². The van der Waals surface area contributed by atoms with Gasteiger partial charge >= 0.3 is 5.69 Å². The first-order valence-corrected chi connectivity index (χ1v) is 12.2. The standard InChI is InChI=1S/C24H23ClN4O5S/c1-2-34-21-8-5-16(14-20(21)29(32)33)23(30)26-17-6-7-19(18(25)15-17)27-9-11-28(12-10-27)24(31)22-4-3-13-35-22/h3-8,13-15H,2,9-12H2,1H3,(H,26,30). The first-order chi connectivity index (χ1) is 16.9. The lowest BCUT2D eigenvalue weighted by molar-refractivity contribution is -0.385. The van der Waals surface area contributed by atoms with Crippen molar-refractivity contribution in [2.45, 2.75) is 6.92 Å². The number of halogens is 1. The van der Waals surface area contributed by atoms with Gasteiger partial charge in [0.1, 0.15) is 0 Å². The summed E-state index contributed by atoms with van der Waals surface area (Å²) in [6.45, 7) is 4.44. The molecule has 35 heavy (non-hydrogen) atoms. The summed E-state index contributed by atoms with van der Waals surface area (Å²) < 4.78 is 5.26. The summed E-state index contributed by atoms with van der Waals surface area (Å²) in [5.41, 5.74) is 1.13. The van der Waals surface area contributed by atoms with Gasteiger partial charge in [0.15, 0.2) is 5.75 Å². The zero-order chi connectivity index (χ0) is 24.9. The molecule has 0 unspecified atom stereocenters. The second-order valence-corrected chi connectivity index (χ2v) is 9.10. The van der Waals surface area contributed by atoms with Crippen molar-refractivity contribution in [2.75, 3.05) is 43.0 Å². The molecule has 1 aromatic heterocycles. The molecule has 0 radical (unpaired) electrons. The number of carbonyl (C=O) groups excluding carboxylic acids is 2. The molecule has 2 aromatic carbocycles. The number of rotatable bonds is 7. The maximum absolute atomic E-state index is 12.7. The third-order valence-electron chi connectivity index (χ3n) is 5.56. The summed E-state index contributed by atoms with van der Waals surface area (Å²) >= 11 is 7.95. The van der Waals surface area contributed by atoms with E-state index >= 15 is 0 Å². The van der Waals surface area contributed by atoms with E-state index in [0.29, 0.717) is 36.9 Å². The van der Waals surface area contributed by atoms with Crippen molar-refractivity contribution in [1.82, 2.24) is 4.90 Å². The maximum Gasteiger partial charge on any atom is 0.311 e. The molecule has 1 aliphatic heterocycles. The van der Waals surface area contributed by atoms with Crippen molar-refractivity contribution in [1.29, 1.82) is 0 Å². The number of ether oxygens (including phenoxy) is 1. The van der Waals surface area contributed by atoms with E-state index < -0.39 is 10.8 Å². The van der Waals surface area contributed by atoms with Crippen LogP contribution in [0.3, 0.4) is 0 Å². The van der Waals surface area contributed by atoms with Gasteiger partial charge in [0.05, 0.1) is 27.1 Å². The van der Waals surface area contributed by atoms with Gasteiger partial charge in [-0.25, -0.2) is 0 Å². The molecular weight excluding hydrogens is 492 g/mol. The second kappa shape index (κ2) is 10.7. The van der Waals surface area contributed by atoms with Gasteiger partial charge in [0.25, 0.3) is 11.8 Å². The Hall–Kier alpha value is -3.63. The normalized spacial score (nSPS) is 13.4. The lowest BCUT2D eigenvalue weighted by Gasteiger charge is -2.36. The Morgan fingerprint density at radius 3 is 2.54 bits per heavy atom. The summed E-state index contributed by atoms with van der Waals surface area (Å²) in [5, 5.41) is 16.4. The summed E-state index contributed by atoms with van der Waals surface area (Å²) in [7, 11) is 0. The number of piperazine rings is 1. The molecule has 0 atom stereocenters. The lowest BCUT2D eigenvalue weighted by atomic mass is 10.1. The molecule has 3 aromatic rings. The zero-order valence-electron chi connectivity index (χ0n) is 18.9. The number of thiophene rings is 1. The second-order valence-electron chi connectivity index (χ2n) is 7.75. The van der Waals surface area contributed by atoms with Gasteiger partial charge in [-0.15, -0.1) is 11.3 Å². The van der Waals surface area contributed by atoms with Gasteiger partial charge in [-0.2, -0.15) is 0 Å². The number of amides is 2. The Labute approximate surface area is 211 Å². The number of hydrogen-bond acceptors (Lipinski definition) is 7. The summed E-state index contributed by atoms with van der Waals surface area (Å²) in [5.74, 6) is -0.349. The monoisotopic (exact) mass is 514 g/mol. The number of nitro benzene ring substituents is 1. The SMILES string of the molecule is CCOc1ccc(C(=O)Nc2ccc(N3CCN(C(=O)c4cccs4)CC3)c(Cl)c2)cc1[N+](=O)[O-]. The number of benzene rings is 2. The topological polar surface area (TPSA) is 105 Å². The summed E-state index contributed by atoms with van der Waals surface area (Å²) in [6, 6.07) is 12.9. The van der Waals surface area contributed by atoms with Crippen LogP contribution >= 0.6 is 22.9 Å². The highest BCUT2D eigenvalue weighted by atomic mass is 35.5. The number of hydrogen-bond donors (Lipinski definition) is 1. The van der Waals surface area contributed by atoms with E-state index in [1.807, 2.05) is 28.5 Å². The fraction of sp³-hybridized carbons (Fsp3) is 0.250. The van der Waals surface area contributed by atoms with E-state index in [1.165, 1.54) is 29.5 Å². The molecule has 4 rings (SSSR count). The van der Waals surface area contributed by atoms with Crippen LogP contribution in [0.2, 0.25) is 5.02 Å². The van der Waals surface area contributed by atoms with Crippen molar-refractivity contribution in [3.63, 3.8) is 0 Å². The molecule has 0 spiro atoms. The number of anilines is 2. The Morgan fingerprint density at radius 1 is 1.14 bits per heavy atom. The van der Waals surface area contributed by atoms with Gasteiger partial charge in [0.2, 0.25) is 0 Å². The number of carbonyl (C=O) groups is 2. The molecule has 2 heterocycles. The van der Waals surface area contributed by atoms with Crippen molar-refractivity contribution < 1.29 is 19.2 Å². The first-order valence-electron chi connectivity index (χ1n) is 11.0. The number of nitrogens with one attached hydrogen (secondary N) is 1.